The van der Waals surface area contributed by atoms with E-state index in [0.717, 1.165) is 12.0 Å². The van der Waals surface area contributed by atoms with Crippen LogP contribution in [0.25, 0.3) is 0 Å². The van der Waals surface area contributed by atoms with E-state index in [1.165, 1.54) is 38.6 Å². The Morgan fingerprint density at radius 1 is 1.36 bits per heavy atom. The summed E-state index contributed by atoms with van der Waals surface area (Å²) in [6, 6.07) is 0.877. The quantitative estimate of drug-likeness (QED) is 0.602. The predicted molar refractivity (Wildman–Crippen MR) is 49.7 cm³/mol. The lowest BCUT2D eigenvalue weighted by Gasteiger charge is -2.26. The molecule has 0 radical (unpaired) electrons. The second kappa shape index (κ2) is 4.76. The molecule has 0 heterocycles. The van der Waals surface area contributed by atoms with E-state index < -0.39 is 0 Å². The summed E-state index contributed by atoms with van der Waals surface area (Å²) in [4.78, 5) is 0. The first kappa shape index (κ1) is 9.05. The predicted octanol–water partition coefficient (Wildman–Crippen LogP) is 2.56. The highest BCUT2D eigenvalue weighted by molar-refractivity contribution is 4.75. The van der Waals surface area contributed by atoms with Gasteiger partial charge in [-0.05, 0) is 38.1 Å². The van der Waals surface area contributed by atoms with Crippen molar-refractivity contribution < 1.29 is 0 Å². The zero-order chi connectivity index (χ0) is 8.10. The minimum absolute atomic E-state index is 0.873. The third-order valence-corrected chi connectivity index (χ3v) is 2.50. The second-order valence-electron chi connectivity index (χ2n) is 4.12. The van der Waals surface area contributed by atoms with Crippen molar-refractivity contribution >= 4 is 0 Å². The molecular weight excluding hydrogens is 134 g/mol. The zero-order valence-corrected chi connectivity index (χ0v) is 7.90. The van der Waals surface area contributed by atoms with E-state index in [2.05, 4.69) is 19.2 Å². The Morgan fingerprint density at radius 2 is 2.09 bits per heavy atom. The standard InChI is InChI=1S/C10H21N/c1-9(2)5-4-8-11-10-6-3-7-10/h9-11H,3-8H2,1-2H3. The Balaban J connectivity index is 1.80. The molecule has 1 nitrogen and oxygen atoms in total. The Bertz CT molecular complexity index is 95.0. The van der Waals surface area contributed by atoms with E-state index in [0.29, 0.717) is 0 Å². The SMILES string of the molecule is CC(C)CCCNC1CCC1. The molecular formula is C10H21N. The molecule has 1 saturated carbocycles. The van der Waals surface area contributed by atoms with Gasteiger partial charge in [-0.25, -0.2) is 0 Å². The van der Waals surface area contributed by atoms with E-state index >= 15 is 0 Å². The smallest absolute Gasteiger partial charge is 0.00670 e. The van der Waals surface area contributed by atoms with Crippen LogP contribution in [0.2, 0.25) is 0 Å². The molecule has 0 unspecified atom stereocenters. The maximum absolute atomic E-state index is 3.57. The summed E-state index contributed by atoms with van der Waals surface area (Å²) in [5.74, 6) is 0.873. The fraction of sp³-hybridized carbons (Fsp3) is 1.00. The van der Waals surface area contributed by atoms with Crippen molar-refractivity contribution in [3.8, 4) is 0 Å². The first-order chi connectivity index (χ1) is 5.29. The Morgan fingerprint density at radius 3 is 2.55 bits per heavy atom. The van der Waals surface area contributed by atoms with Crippen LogP contribution in [-0.4, -0.2) is 12.6 Å². The van der Waals surface area contributed by atoms with Crippen molar-refractivity contribution in [1.29, 1.82) is 0 Å². The van der Waals surface area contributed by atoms with Crippen molar-refractivity contribution in [2.24, 2.45) is 5.92 Å². The number of nitrogens with one attached hydrogen (secondary N) is 1. The van der Waals surface area contributed by atoms with Gasteiger partial charge < -0.3 is 5.32 Å². The van der Waals surface area contributed by atoms with Crippen LogP contribution in [0.3, 0.4) is 0 Å². The molecule has 1 aliphatic carbocycles. The van der Waals surface area contributed by atoms with Crippen LogP contribution in [-0.2, 0) is 0 Å². The monoisotopic (exact) mass is 155 g/mol. The van der Waals surface area contributed by atoms with E-state index in [4.69, 9.17) is 0 Å². The van der Waals surface area contributed by atoms with Gasteiger partial charge in [0.2, 0.25) is 0 Å². The first-order valence-electron chi connectivity index (χ1n) is 5.02. The van der Waals surface area contributed by atoms with Crippen LogP contribution in [0.1, 0.15) is 46.0 Å². The molecule has 1 heteroatoms. The molecule has 1 N–H and O–H groups in total. The topological polar surface area (TPSA) is 12.0 Å². The van der Waals surface area contributed by atoms with Gasteiger partial charge in [-0.1, -0.05) is 20.3 Å². The molecule has 0 bridgehead atoms. The van der Waals surface area contributed by atoms with Crippen molar-refractivity contribution in [3.63, 3.8) is 0 Å². The summed E-state index contributed by atoms with van der Waals surface area (Å²) in [5.41, 5.74) is 0. The summed E-state index contributed by atoms with van der Waals surface area (Å²) >= 11 is 0. The zero-order valence-electron chi connectivity index (χ0n) is 7.90. The minimum atomic E-state index is 0.873. The maximum Gasteiger partial charge on any atom is 0.00670 e. The number of rotatable bonds is 5. The fourth-order valence-electron chi connectivity index (χ4n) is 1.43. The van der Waals surface area contributed by atoms with Gasteiger partial charge in [-0.15, -0.1) is 0 Å². The van der Waals surface area contributed by atoms with Gasteiger partial charge >= 0.3 is 0 Å². The first-order valence-corrected chi connectivity index (χ1v) is 5.02. The summed E-state index contributed by atoms with van der Waals surface area (Å²) in [5, 5.41) is 3.57. The molecule has 1 fully saturated rings. The van der Waals surface area contributed by atoms with Gasteiger partial charge in [0.15, 0.2) is 0 Å². The number of hydrogen-bond donors (Lipinski definition) is 1. The van der Waals surface area contributed by atoms with Gasteiger partial charge in [-0.2, -0.15) is 0 Å². The molecule has 0 aromatic heterocycles. The lowest BCUT2D eigenvalue weighted by molar-refractivity contribution is 0.334. The third kappa shape index (κ3) is 3.76. The molecule has 0 aromatic carbocycles. The molecule has 0 spiro atoms. The Labute approximate surface area is 70.6 Å². The highest BCUT2D eigenvalue weighted by atomic mass is 14.9. The van der Waals surface area contributed by atoms with Crippen LogP contribution < -0.4 is 5.32 Å². The van der Waals surface area contributed by atoms with Crippen LogP contribution in [0.15, 0.2) is 0 Å². The lowest BCUT2D eigenvalue weighted by Crippen LogP contribution is -2.35. The third-order valence-electron chi connectivity index (χ3n) is 2.50. The van der Waals surface area contributed by atoms with E-state index in [1.807, 2.05) is 0 Å². The average molecular weight is 155 g/mol. The molecule has 0 saturated heterocycles. The molecule has 0 aromatic rings. The van der Waals surface area contributed by atoms with Gasteiger partial charge in [0.1, 0.15) is 0 Å². The van der Waals surface area contributed by atoms with Gasteiger partial charge in [0, 0.05) is 6.04 Å². The number of hydrogen-bond acceptors (Lipinski definition) is 1. The molecule has 0 amide bonds. The maximum atomic E-state index is 3.57. The van der Waals surface area contributed by atoms with Crippen LogP contribution in [0.5, 0.6) is 0 Å². The van der Waals surface area contributed by atoms with Crippen molar-refractivity contribution in [1.82, 2.24) is 5.32 Å². The van der Waals surface area contributed by atoms with Crippen LogP contribution in [0, 0.1) is 5.92 Å². The van der Waals surface area contributed by atoms with Crippen LogP contribution in [0.4, 0.5) is 0 Å². The summed E-state index contributed by atoms with van der Waals surface area (Å²) < 4.78 is 0. The van der Waals surface area contributed by atoms with Crippen LogP contribution >= 0.6 is 0 Å². The van der Waals surface area contributed by atoms with Gasteiger partial charge in [0.25, 0.3) is 0 Å². The summed E-state index contributed by atoms with van der Waals surface area (Å²) in [6.45, 7) is 5.83. The van der Waals surface area contributed by atoms with E-state index in [9.17, 15) is 0 Å². The largest absolute Gasteiger partial charge is 0.314 e. The molecule has 1 rings (SSSR count). The average Bonchev–Trinajstić information content (AvgIpc) is 1.82. The lowest BCUT2D eigenvalue weighted by atomic mass is 9.93. The highest BCUT2D eigenvalue weighted by Crippen LogP contribution is 2.17. The Hall–Kier alpha value is -0.0400. The molecule has 0 atom stereocenters. The molecule has 11 heavy (non-hydrogen) atoms. The Kier molecular flexibility index (Phi) is 3.92. The highest BCUT2D eigenvalue weighted by Gasteiger charge is 2.15. The molecule has 0 aliphatic heterocycles. The van der Waals surface area contributed by atoms with Gasteiger partial charge in [0.05, 0.1) is 0 Å². The summed E-state index contributed by atoms with van der Waals surface area (Å²) in [6.07, 6.45) is 7.01. The second-order valence-corrected chi connectivity index (χ2v) is 4.12. The molecule has 1 aliphatic rings. The normalized spacial score (nSPS) is 18.8. The van der Waals surface area contributed by atoms with Crippen molar-refractivity contribution in [2.75, 3.05) is 6.54 Å². The van der Waals surface area contributed by atoms with E-state index in [-0.39, 0.29) is 0 Å². The fourth-order valence-corrected chi connectivity index (χ4v) is 1.43. The molecule has 66 valence electrons. The minimum Gasteiger partial charge on any atom is -0.314 e. The summed E-state index contributed by atoms with van der Waals surface area (Å²) in [7, 11) is 0. The van der Waals surface area contributed by atoms with Gasteiger partial charge in [-0.3, -0.25) is 0 Å². The van der Waals surface area contributed by atoms with E-state index in [1.54, 1.807) is 0 Å². The van der Waals surface area contributed by atoms with Crippen molar-refractivity contribution in [3.05, 3.63) is 0 Å². The van der Waals surface area contributed by atoms with Crippen molar-refractivity contribution in [2.45, 2.75) is 52.0 Å².